The Bertz CT molecular complexity index is 1190. The fourth-order valence-corrected chi connectivity index (χ4v) is 4.28. The number of amides is 2. The van der Waals surface area contributed by atoms with Gasteiger partial charge in [0.05, 0.1) is 6.54 Å². The Labute approximate surface area is 202 Å². The van der Waals surface area contributed by atoms with Gasteiger partial charge in [0.1, 0.15) is 12.6 Å². The van der Waals surface area contributed by atoms with E-state index < -0.39 is 24.0 Å². The van der Waals surface area contributed by atoms with Crippen LogP contribution >= 0.6 is 0 Å². The third-order valence-electron chi connectivity index (χ3n) is 5.87. The smallest absolute Gasteiger partial charge is 0.407 e. The second kappa shape index (κ2) is 10.4. The highest BCUT2D eigenvalue weighted by molar-refractivity contribution is 5.86. The summed E-state index contributed by atoms with van der Waals surface area (Å²) >= 11 is 0. The number of hydrogen-bond donors (Lipinski definition) is 3. The van der Waals surface area contributed by atoms with Crippen LogP contribution in [-0.2, 0) is 16.1 Å². The van der Waals surface area contributed by atoms with E-state index in [1.54, 1.807) is 0 Å². The molecule has 0 bridgehead atoms. The third kappa shape index (κ3) is 5.51. The molecule has 9 heteroatoms. The lowest BCUT2D eigenvalue weighted by Crippen LogP contribution is -2.47. The maximum Gasteiger partial charge on any atom is 0.407 e. The van der Waals surface area contributed by atoms with E-state index in [1.807, 2.05) is 50.2 Å². The van der Waals surface area contributed by atoms with Crippen LogP contribution in [0.15, 0.2) is 59.1 Å². The number of nitrogens with one attached hydrogen (secondary N) is 2. The molecule has 3 aromatic rings. The van der Waals surface area contributed by atoms with Crippen molar-refractivity contribution in [1.29, 1.82) is 0 Å². The Morgan fingerprint density at radius 3 is 2.26 bits per heavy atom. The zero-order valence-electron chi connectivity index (χ0n) is 19.5. The van der Waals surface area contributed by atoms with Gasteiger partial charge in [-0.2, -0.15) is 0 Å². The SMILES string of the molecule is CC(C)C[C@H](NC(=O)OCC1c2ccccc2-c2ccccc21)C(=O)NCc1cc(C(=O)O)no1. The minimum absolute atomic E-state index is 0.0555. The van der Waals surface area contributed by atoms with Crippen molar-refractivity contribution in [1.82, 2.24) is 15.8 Å². The predicted octanol–water partition coefficient (Wildman–Crippen LogP) is 3.94. The Balaban J connectivity index is 1.37. The topological polar surface area (TPSA) is 131 Å². The first-order valence-electron chi connectivity index (χ1n) is 11.4. The van der Waals surface area contributed by atoms with Crippen LogP contribution in [0.1, 0.15) is 53.6 Å². The molecule has 4 rings (SSSR count). The summed E-state index contributed by atoms with van der Waals surface area (Å²) in [4.78, 5) is 36.3. The molecule has 0 saturated carbocycles. The van der Waals surface area contributed by atoms with E-state index in [4.69, 9.17) is 14.4 Å². The lowest BCUT2D eigenvalue weighted by molar-refractivity contribution is -0.123. The van der Waals surface area contributed by atoms with Gasteiger partial charge in [0.25, 0.3) is 0 Å². The maximum atomic E-state index is 12.8. The molecule has 1 heterocycles. The molecule has 0 unspecified atom stereocenters. The van der Waals surface area contributed by atoms with Gasteiger partial charge in [0.2, 0.25) is 5.91 Å². The number of carboxylic acids is 1. The molecule has 1 atom stereocenters. The van der Waals surface area contributed by atoms with Gasteiger partial charge in [-0.15, -0.1) is 0 Å². The Kier molecular flexibility index (Phi) is 7.14. The highest BCUT2D eigenvalue weighted by atomic mass is 16.5. The lowest BCUT2D eigenvalue weighted by Gasteiger charge is -2.21. The van der Waals surface area contributed by atoms with Crippen LogP contribution in [0.25, 0.3) is 11.1 Å². The molecule has 3 N–H and O–H groups in total. The van der Waals surface area contributed by atoms with Crippen molar-refractivity contribution in [3.05, 3.63) is 77.2 Å². The molecule has 1 aromatic heterocycles. The summed E-state index contributed by atoms with van der Waals surface area (Å²) in [6.07, 6.45) is -0.284. The standard InChI is InChI=1S/C26H27N3O6/c1-15(2)11-22(24(30)27-13-16-12-23(25(31)32)29-35-16)28-26(33)34-14-21-19-9-5-3-7-17(19)18-8-4-6-10-20(18)21/h3-10,12,15,21-22H,11,13-14H2,1-2H3,(H,27,30)(H,28,33)(H,31,32)/t22-/m0/s1. The molecule has 0 radical (unpaired) electrons. The Morgan fingerprint density at radius 1 is 1.06 bits per heavy atom. The summed E-state index contributed by atoms with van der Waals surface area (Å²) in [6.45, 7) is 3.97. The van der Waals surface area contributed by atoms with Gasteiger partial charge in [-0.1, -0.05) is 67.5 Å². The van der Waals surface area contributed by atoms with Crippen LogP contribution < -0.4 is 10.6 Å². The molecule has 182 valence electrons. The molecule has 0 fully saturated rings. The number of carbonyl (C=O) groups is 3. The molecule has 2 amide bonds. The molecular weight excluding hydrogens is 450 g/mol. The second-order valence-corrected chi connectivity index (χ2v) is 8.85. The van der Waals surface area contributed by atoms with Gasteiger partial charge in [0.15, 0.2) is 11.5 Å². The van der Waals surface area contributed by atoms with Crippen LogP contribution in [0.3, 0.4) is 0 Å². The predicted molar refractivity (Wildman–Crippen MR) is 127 cm³/mol. The first kappa shape index (κ1) is 24.0. The van der Waals surface area contributed by atoms with Gasteiger partial charge in [-0.25, -0.2) is 9.59 Å². The number of hydrogen-bond acceptors (Lipinski definition) is 6. The van der Waals surface area contributed by atoms with Crippen molar-refractivity contribution in [2.75, 3.05) is 6.61 Å². The quantitative estimate of drug-likeness (QED) is 0.425. The number of fused-ring (bicyclic) bond motifs is 3. The van der Waals surface area contributed by atoms with Crippen molar-refractivity contribution in [2.45, 2.75) is 38.8 Å². The molecule has 1 aliphatic carbocycles. The minimum atomic E-state index is -1.22. The van der Waals surface area contributed by atoms with E-state index in [9.17, 15) is 14.4 Å². The number of aromatic carboxylic acids is 1. The van der Waals surface area contributed by atoms with Crippen LogP contribution in [-0.4, -0.2) is 40.9 Å². The summed E-state index contributed by atoms with van der Waals surface area (Å²) < 4.78 is 10.5. The summed E-state index contributed by atoms with van der Waals surface area (Å²) in [7, 11) is 0. The Hall–Kier alpha value is -4.14. The zero-order chi connectivity index (χ0) is 24.9. The number of ether oxygens (including phenoxy) is 1. The third-order valence-corrected chi connectivity index (χ3v) is 5.87. The van der Waals surface area contributed by atoms with Gasteiger partial charge in [-0.05, 0) is 34.6 Å². The monoisotopic (exact) mass is 477 g/mol. The number of alkyl carbamates (subject to hydrolysis) is 1. The largest absolute Gasteiger partial charge is 0.476 e. The molecule has 9 nitrogen and oxygen atoms in total. The maximum absolute atomic E-state index is 12.8. The van der Waals surface area contributed by atoms with Crippen LogP contribution in [0.5, 0.6) is 0 Å². The van der Waals surface area contributed by atoms with Crippen LogP contribution in [0.4, 0.5) is 4.79 Å². The number of aromatic nitrogens is 1. The fourth-order valence-electron chi connectivity index (χ4n) is 4.28. The molecule has 0 aliphatic heterocycles. The van der Waals surface area contributed by atoms with Crippen molar-refractivity contribution >= 4 is 18.0 Å². The van der Waals surface area contributed by atoms with Crippen LogP contribution in [0.2, 0.25) is 0 Å². The van der Waals surface area contributed by atoms with Crippen LogP contribution in [0, 0.1) is 5.92 Å². The molecule has 2 aromatic carbocycles. The van der Waals surface area contributed by atoms with Crippen molar-refractivity contribution < 1.29 is 28.8 Å². The number of carboxylic acid groups (broad SMARTS) is 1. The highest BCUT2D eigenvalue weighted by Crippen LogP contribution is 2.44. The van der Waals surface area contributed by atoms with E-state index in [1.165, 1.54) is 6.07 Å². The van der Waals surface area contributed by atoms with Crippen molar-refractivity contribution in [2.24, 2.45) is 5.92 Å². The molecule has 1 aliphatic rings. The van der Waals surface area contributed by atoms with E-state index in [0.717, 1.165) is 22.3 Å². The van der Waals surface area contributed by atoms with Gasteiger partial charge >= 0.3 is 12.1 Å². The molecule has 0 saturated heterocycles. The summed E-state index contributed by atoms with van der Waals surface area (Å²) in [6, 6.07) is 16.5. The van der Waals surface area contributed by atoms with E-state index in [2.05, 4.69) is 27.9 Å². The Morgan fingerprint density at radius 2 is 1.69 bits per heavy atom. The summed E-state index contributed by atoms with van der Waals surface area (Å²) in [5, 5.41) is 17.7. The molecule has 35 heavy (non-hydrogen) atoms. The second-order valence-electron chi connectivity index (χ2n) is 8.85. The van der Waals surface area contributed by atoms with Crippen molar-refractivity contribution in [3.63, 3.8) is 0 Å². The van der Waals surface area contributed by atoms with E-state index in [0.29, 0.717) is 6.42 Å². The summed E-state index contributed by atoms with van der Waals surface area (Å²) in [5.41, 5.74) is 4.22. The fraction of sp³-hybridized carbons (Fsp3) is 0.308. The van der Waals surface area contributed by atoms with E-state index in [-0.39, 0.29) is 36.4 Å². The average molecular weight is 478 g/mol. The molecular formula is C26H27N3O6. The number of nitrogens with zero attached hydrogens (tertiary/aromatic N) is 1. The lowest BCUT2D eigenvalue weighted by atomic mass is 9.98. The van der Waals surface area contributed by atoms with Gasteiger partial charge < -0.3 is 25.0 Å². The highest BCUT2D eigenvalue weighted by Gasteiger charge is 2.30. The number of benzene rings is 2. The molecule has 0 spiro atoms. The first-order valence-corrected chi connectivity index (χ1v) is 11.4. The zero-order valence-corrected chi connectivity index (χ0v) is 19.5. The van der Waals surface area contributed by atoms with Gasteiger partial charge in [0, 0.05) is 12.0 Å². The number of carbonyl (C=O) groups excluding carboxylic acids is 2. The normalized spacial score (nSPS) is 13.1. The summed E-state index contributed by atoms with van der Waals surface area (Å²) in [5.74, 6) is -1.41. The van der Waals surface area contributed by atoms with Gasteiger partial charge in [-0.3, -0.25) is 4.79 Å². The van der Waals surface area contributed by atoms with E-state index >= 15 is 0 Å². The average Bonchev–Trinajstić information content (AvgIpc) is 3.44. The van der Waals surface area contributed by atoms with Crippen molar-refractivity contribution in [3.8, 4) is 11.1 Å². The number of rotatable bonds is 9. The minimum Gasteiger partial charge on any atom is -0.476 e. The first-order chi connectivity index (χ1) is 16.8.